The van der Waals surface area contributed by atoms with E-state index in [1.807, 2.05) is 42.5 Å². The quantitative estimate of drug-likeness (QED) is 0.773. The molecular weight excluding hydrogens is 315 g/mol. The summed E-state index contributed by atoms with van der Waals surface area (Å²) in [5, 5.41) is 0. The van der Waals surface area contributed by atoms with Gasteiger partial charge in [-0.1, -0.05) is 30.3 Å². The van der Waals surface area contributed by atoms with E-state index in [9.17, 15) is 4.39 Å². The molecule has 2 N–H and O–H groups in total. The molecule has 0 aliphatic carbocycles. The van der Waals surface area contributed by atoms with E-state index in [2.05, 4.69) is 4.90 Å². The Morgan fingerprint density at radius 3 is 2.40 bits per heavy atom. The first-order chi connectivity index (χ1) is 12.2. The molecule has 0 radical (unpaired) electrons. The number of hydrogen-bond donors (Lipinski definition) is 1. The highest BCUT2D eigenvalue weighted by Gasteiger charge is 2.25. The summed E-state index contributed by atoms with van der Waals surface area (Å²) >= 11 is 0. The summed E-state index contributed by atoms with van der Waals surface area (Å²) < 4.78 is 18.8. The molecule has 2 aromatic rings. The normalized spacial score (nSPS) is 17.4. The van der Waals surface area contributed by atoms with Crippen LogP contribution in [0.15, 0.2) is 54.6 Å². The Bertz CT molecular complexity index is 624. The number of nitrogens with two attached hydrogens (primary N) is 1. The van der Waals surface area contributed by atoms with Crippen molar-refractivity contribution in [1.29, 1.82) is 0 Å². The minimum Gasteiger partial charge on any atom is -0.494 e. The van der Waals surface area contributed by atoms with E-state index in [-0.39, 0.29) is 11.9 Å². The van der Waals surface area contributed by atoms with E-state index in [0.29, 0.717) is 5.92 Å². The second-order valence-electron chi connectivity index (χ2n) is 6.77. The monoisotopic (exact) mass is 342 g/mol. The Morgan fingerprint density at radius 2 is 1.72 bits per heavy atom. The van der Waals surface area contributed by atoms with Gasteiger partial charge in [-0.3, -0.25) is 0 Å². The fourth-order valence-electron chi connectivity index (χ4n) is 3.49. The minimum absolute atomic E-state index is 0.00386. The first kappa shape index (κ1) is 17.9. The number of benzene rings is 2. The van der Waals surface area contributed by atoms with E-state index in [1.54, 1.807) is 0 Å². The Labute approximate surface area is 149 Å². The van der Waals surface area contributed by atoms with E-state index in [0.717, 1.165) is 56.8 Å². The number of para-hydroxylation sites is 1. The van der Waals surface area contributed by atoms with Crippen LogP contribution in [0.1, 0.15) is 30.9 Å². The summed E-state index contributed by atoms with van der Waals surface area (Å²) in [6.45, 7) is 3.96. The van der Waals surface area contributed by atoms with Crippen LogP contribution in [0.5, 0.6) is 5.75 Å². The van der Waals surface area contributed by atoms with Crippen LogP contribution in [-0.4, -0.2) is 31.1 Å². The molecule has 0 spiro atoms. The number of hydrogen-bond acceptors (Lipinski definition) is 3. The number of rotatable bonds is 7. The van der Waals surface area contributed by atoms with E-state index in [1.165, 1.54) is 12.1 Å². The standard InChI is InChI=1S/C21H27FN2O/c22-19-9-7-17(8-10-19)21(23)18-11-14-24(15-12-18)13-4-16-25-20-5-2-1-3-6-20/h1-3,5-10,18,21H,4,11-16,23H2. The van der Waals surface area contributed by atoms with Gasteiger partial charge in [0.25, 0.3) is 0 Å². The van der Waals surface area contributed by atoms with Crippen LogP contribution in [0.2, 0.25) is 0 Å². The smallest absolute Gasteiger partial charge is 0.123 e. The van der Waals surface area contributed by atoms with Gasteiger partial charge < -0.3 is 15.4 Å². The highest BCUT2D eigenvalue weighted by Crippen LogP contribution is 2.29. The number of nitrogens with zero attached hydrogens (tertiary/aromatic N) is 1. The minimum atomic E-state index is -0.205. The summed E-state index contributed by atoms with van der Waals surface area (Å²) in [5.74, 6) is 1.21. The van der Waals surface area contributed by atoms with Crippen molar-refractivity contribution in [2.75, 3.05) is 26.2 Å². The van der Waals surface area contributed by atoms with Crippen LogP contribution in [0.4, 0.5) is 4.39 Å². The highest BCUT2D eigenvalue weighted by molar-refractivity contribution is 5.21. The van der Waals surface area contributed by atoms with Crippen molar-refractivity contribution in [2.24, 2.45) is 11.7 Å². The van der Waals surface area contributed by atoms with Gasteiger partial charge in [-0.2, -0.15) is 0 Å². The maximum absolute atomic E-state index is 13.0. The summed E-state index contributed by atoms with van der Waals surface area (Å²) in [6.07, 6.45) is 3.22. The summed E-state index contributed by atoms with van der Waals surface area (Å²) in [4.78, 5) is 2.49. The molecule has 1 heterocycles. The first-order valence-corrected chi connectivity index (χ1v) is 9.13. The molecule has 4 heteroatoms. The summed E-state index contributed by atoms with van der Waals surface area (Å²) in [6, 6.07) is 16.6. The largest absolute Gasteiger partial charge is 0.494 e. The van der Waals surface area contributed by atoms with Crippen LogP contribution in [0.25, 0.3) is 0 Å². The van der Waals surface area contributed by atoms with Crippen molar-refractivity contribution in [3.05, 3.63) is 66.0 Å². The first-order valence-electron chi connectivity index (χ1n) is 9.13. The van der Waals surface area contributed by atoms with Crippen LogP contribution in [-0.2, 0) is 0 Å². The topological polar surface area (TPSA) is 38.5 Å². The van der Waals surface area contributed by atoms with Gasteiger partial charge >= 0.3 is 0 Å². The molecule has 3 rings (SSSR count). The van der Waals surface area contributed by atoms with Crippen LogP contribution >= 0.6 is 0 Å². The number of piperidine rings is 1. The summed E-state index contributed by atoms with van der Waals surface area (Å²) in [7, 11) is 0. The molecule has 1 fully saturated rings. The van der Waals surface area contributed by atoms with Crippen molar-refractivity contribution in [1.82, 2.24) is 4.90 Å². The molecular formula is C21H27FN2O. The molecule has 25 heavy (non-hydrogen) atoms. The molecule has 1 aliphatic rings. The van der Waals surface area contributed by atoms with Crippen molar-refractivity contribution >= 4 is 0 Å². The lowest BCUT2D eigenvalue weighted by Crippen LogP contribution is -2.38. The Kier molecular flexibility index (Phi) is 6.42. The molecule has 0 saturated carbocycles. The molecule has 0 amide bonds. The molecule has 0 bridgehead atoms. The molecule has 3 nitrogen and oxygen atoms in total. The van der Waals surface area contributed by atoms with Crippen molar-refractivity contribution in [3.63, 3.8) is 0 Å². The van der Waals surface area contributed by atoms with Gasteiger partial charge in [0.15, 0.2) is 0 Å². The maximum atomic E-state index is 13.0. The third-order valence-corrected chi connectivity index (χ3v) is 5.03. The Morgan fingerprint density at radius 1 is 1.04 bits per heavy atom. The highest BCUT2D eigenvalue weighted by atomic mass is 19.1. The van der Waals surface area contributed by atoms with Crippen molar-refractivity contribution < 1.29 is 9.13 Å². The second kappa shape index (κ2) is 8.97. The SMILES string of the molecule is NC(c1ccc(F)cc1)C1CCN(CCCOc2ccccc2)CC1. The number of ether oxygens (including phenoxy) is 1. The zero-order valence-electron chi connectivity index (χ0n) is 14.6. The van der Waals surface area contributed by atoms with Gasteiger partial charge in [0.05, 0.1) is 6.61 Å². The molecule has 2 aromatic carbocycles. The third-order valence-electron chi connectivity index (χ3n) is 5.03. The van der Waals surface area contributed by atoms with Crippen LogP contribution in [0, 0.1) is 11.7 Å². The zero-order valence-corrected chi connectivity index (χ0v) is 14.6. The molecule has 0 aromatic heterocycles. The van der Waals surface area contributed by atoms with Crippen LogP contribution in [0.3, 0.4) is 0 Å². The predicted molar refractivity (Wildman–Crippen MR) is 99.0 cm³/mol. The maximum Gasteiger partial charge on any atom is 0.123 e. The van der Waals surface area contributed by atoms with E-state index < -0.39 is 0 Å². The molecule has 1 atom stereocenters. The number of halogens is 1. The predicted octanol–water partition coefficient (Wildman–Crippen LogP) is 4.01. The van der Waals surface area contributed by atoms with Crippen molar-refractivity contribution in [2.45, 2.75) is 25.3 Å². The van der Waals surface area contributed by atoms with Gasteiger partial charge in [0.1, 0.15) is 11.6 Å². The molecule has 134 valence electrons. The molecule has 1 saturated heterocycles. The fraction of sp³-hybridized carbons (Fsp3) is 0.429. The summed E-state index contributed by atoms with van der Waals surface area (Å²) in [5.41, 5.74) is 7.43. The van der Waals surface area contributed by atoms with E-state index >= 15 is 0 Å². The van der Waals surface area contributed by atoms with Gasteiger partial charge in [0, 0.05) is 12.6 Å². The van der Waals surface area contributed by atoms with Gasteiger partial charge in [-0.05, 0) is 68.1 Å². The lowest BCUT2D eigenvalue weighted by Gasteiger charge is -2.35. The second-order valence-corrected chi connectivity index (χ2v) is 6.77. The lowest BCUT2D eigenvalue weighted by atomic mass is 9.86. The molecule has 1 aliphatic heterocycles. The molecule has 1 unspecified atom stereocenters. The van der Waals surface area contributed by atoms with Gasteiger partial charge in [-0.15, -0.1) is 0 Å². The number of likely N-dealkylation sites (tertiary alicyclic amines) is 1. The Balaban J connectivity index is 1.36. The van der Waals surface area contributed by atoms with Gasteiger partial charge in [-0.25, -0.2) is 4.39 Å². The zero-order chi connectivity index (χ0) is 17.5. The van der Waals surface area contributed by atoms with Crippen molar-refractivity contribution in [3.8, 4) is 5.75 Å². The van der Waals surface area contributed by atoms with E-state index in [4.69, 9.17) is 10.5 Å². The Hall–Kier alpha value is -1.91. The lowest BCUT2D eigenvalue weighted by molar-refractivity contribution is 0.158. The average molecular weight is 342 g/mol. The van der Waals surface area contributed by atoms with Gasteiger partial charge in [0.2, 0.25) is 0 Å². The fourth-order valence-corrected chi connectivity index (χ4v) is 3.49. The third kappa shape index (κ3) is 5.28. The van der Waals surface area contributed by atoms with Crippen LogP contribution < -0.4 is 10.5 Å². The average Bonchev–Trinajstić information content (AvgIpc) is 2.67.